The lowest BCUT2D eigenvalue weighted by Crippen LogP contribution is -2.68. The van der Waals surface area contributed by atoms with Crippen LogP contribution in [0.4, 0.5) is 0 Å². The average molecular weight is 1410 g/mol. The summed E-state index contributed by atoms with van der Waals surface area (Å²) in [6.07, 6.45) is -47.4. The van der Waals surface area contributed by atoms with E-state index < -0.39 is 236 Å². The maximum absolute atomic E-state index is 12.6. The third-order valence-corrected chi connectivity index (χ3v) is 24.3. The minimum atomic E-state index is -4.90. The summed E-state index contributed by atoms with van der Waals surface area (Å²) in [5.41, 5.74) is -1.03. The molecule has 554 valence electrons. The number of ether oxygens (including phenoxy) is 13. The van der Waals surface area contributed by atoms with E-state index in [0.29, 0.717) is 25.2 Å². The largest absolute Gasteiger partial charge is 0.397 e. The van der Waals surface area contributed by atoms with E-state index in [2.05, 4.69) is 40.7 Å². The van der Waals surface area contributed by atoms with Crippen molar-refractivity contribution in [3.8, 4) is 0 Å². The number of fused-ring (bicyclic) bond motifs is 5. The topological polar surface area (TPSA) is 490 Å². The van der Waals surface area contributed by atoms with Crippen LogP contribution in [0.1, 0.15) is 114 Å². The normalized spacial score (nSPS) is 54.1. The molecule has 3 unspecified atom stereocenters. The van der Waals surface area contributed by atoms with Crippen LogP contribution in [0.25, 0.3) is 0 Å². The second-order valence-corrected chi connectivity index (χ2v) is 31.2. The minimum absolute atomic E-state index is 0.0339. The van der Waals surface area contributed by atoms with E-state index in [1.807, 2.05) is 6.92 Å². The maximum Gasteiger partial charge on any atom is 0.397 e. The number of hydrogen-bond donors (Lipinski definition) is 16. The van der Waals surface area contributed by atoms with Gasteiger partial charge in [0.05, 0.1) is 61.5 Å². The van der Waals surface area contributed by atoms with Crippen LogP contribution < -0.4 is 0 Å². The lowest BCUT2D eigenvalue weighted by molar-refractivity contribution is -0.406. The fourth-order valence-corrected chi connectivity index (χ4v) is 18.2. The number of epoxide rings is 1. The first kappa shape index (κ1) is 75.6. The molecule has 0 aromatic heterocycles. The van der Waals surface area contributed by atoms with Gasteiger partial charge in [0.15, 0.2) is 37.7 Å². The zero-order chi connectivity index (χ0) is 70.1. The van der Waals surface area contributed by atoms with Gasteiger partial charge >= 0.3 is 10.4 Å². The molecule has 7 saturated heterocycles. The van der Waals surface area contributed by atoms with E-state index in [1.165, 1.54) is 33.3 Å². The average Bonchev–Trinajstić information content (AvgIpc) is 1.39. The Morgan fingerprint density at radius 2 is 1.05 bits per heavy atom. The Morgan fingerprint density at radius 3 is 1.58 bits per heavy atom. The van der Waals surface area contributed by atoms with Crippen LogP contribution >= 0.6 is 0 Å². The predicted octanol–water partition coefficient (Wildman–Crippen LogP) is -3.77. The molecule has 0 bridgehead atoms. The SMILES string of the molecule is CC(C)[C@H](C)[C@@H]1O[C@H]1[C@](C)(O)[C@H]1CCC2C3C[C@H](O[C@@H]4O[C@H](C)[C@@H](O)[C@H](O[C@@H]5OC[C@@H](O[C@@H]6O[C@H](CO)[C@@H](O[C@@H]7O[C@H](C)[C@H](O)[C@H](O)[C@H]7O)[C@H](O)[C@H]6O[C@@H]6O[C@H](C)[C@H](O)[C@H](O)[C@H]6O)[C@H](O)[C@H]5O[C@@H]5O[C@H](C)[C@@H](O)[C@H](O)[C@H]5O)[C@H]4O)C4C[C@@H](OS(=O)(=O)O)CC[C@]4(C)C3=CC[C@@]21C. The highest BCUT2D eigenvalue weighted by atomic mass is 32.3. The van der Waals surface area contributed by atoms with Gasteiger partial charge in [-0.15, -0.1) is 0 Å². The molecule has 96 heavy (non-hydrogen) atoms. The van der Waals surface area contributed by atoms with E-state index in [1.54, 1.807) is 0 Å². The van der Waals surface area contributed by atoms with Gasteiger partial charge in [-0.1, -0.05) is 46.3 Å². The highest BCUT2D eigenvalue weighted by Gasteiger charge is 2.67. The van der Waals surface area contributed by atoms with E-state index in [9.17, 15) is 89.6 Å². The Kier molecular flexibility index (Phi) is 22.7. The Bertz CT molecular complexity index is 2770. The first-order valence-corrected chi connectivity index (χ1v) is 35.3. The quantitative estimate of drug-likeness (QED) is 0.0335. The molecule has 3 saturated carbocycles. The van der Waals surface area contributed by atoms with Crippen molar-refractivity contribution in [2.75, 3.05) is 13.2 Å². The van der Waals surface area contributed by atoms with Crippen molar-refractivity contribution < 1.29 is 155 Å². The summed E-state index contributed by atoms with van der Waals surface area (Å²) in [5.74, 6) is -0.186. The molecule has 11 rings (SSSR count). The standard InChI is InChI=1S/C63H104O32S/c1-21(2)22(3)49-54(90-49)63(10,78)35-12-11-29-28-18-32(31-17-27(95-96(79,80)81)13-15-61(31,8)30(28)14-16-62(29,35)9)87-58-48(77)51(39(68)26(7)86-58)92-59-52(93-56-45(74)42(71)37(66)24(5)84-56)40(69)34(20-82-59)89-60-53(94-57-46(75)43(72)38(67)25(6)85-57)47(76)50(33(19-64)88-60)91-55-44(73)41(70)36(65)23(4)83-55/h14,21-29,31-60,64-78H,11-13,15-20H2,1-10H3,(H,79,80,81)/t22-,23+,24+,25+,26+,27-,28?,29?,31?,32-,33+,34+,35-,36-,37+,38-,39+,40-,41-,42-,43-,44+,45+,46+,47-,48+,49-,50+,51-,52+,53+,54+,55-,56-,57-,58-,59-,60-,61+,62-,63+/m0/s1. The molecular formula is C63H104O32S. The van der Waals surface area contributed by atoms with Crippen LogP contribution in [0.2, 0.25) is 0 Å². The molecule has 0 spiro atoms. The highest BCUT2D eigenvalue weighted by Crippen LogP contribution is 2.68. The van der Waals surface area contributed by atoms with Gasteiger partial charge < -0.3 is 138 Å². The van der Waals surface area contributed by atoms with Gasteiger partial charge in [0.25, 0.3) is 0 Å². The number of allylic oxidation sites excluding steroid dienone is 2. The van der Waals surface area contributed by atoms with Gasteiger partial charge in [-0.05, 0) is 126 Å². The van der Waals surface area contributed by atoms with Crippen molar-refractivity contribution in [3.63, 3.8) is 0 Å². The van der Waals surface area contributed by atoms with Crippen LogP contribution in [0.15, 0.2) is 11.6 Å². The summed E-state index contributed by atoms with van der Waals surface area (Å²) in [6.45, 7) is 16.5. The molecule has 16 N–H and O–H groups in total. The number of rotatable bonds is 19. The van der Waals surface area contributed by atoms with Crippen LogP contribution in [-0.2, 0) is 76.2 Å². The molecule has 0 aromatic rings. The van der Waals surface area contributed by atoms with E-state index in [4.69, 9.17) is 65.8 Å². The summed E-state index contributed by atoms with van der Waals surface area (Å²) < 4.78 is 120. The molecule has 0 aromatic carbocycles. The molecule has 7 heterocycles. The molecule has 7 aliphatic heterocycles. The predicted molar refractivity (Wildman–Crippen MR) is 320 cm³/mol. The number of aliphatic hydroxyl groups is 15. The Hall–Kier alpha value is -1.51. The van der Waals surface area contributed by atoms with Crippen molar-refractivity contribution in [1.29, 1.82) is 0 Å². The zero-order valence-electron chi connectivity index (χ0n) is 55.6. The molecule has 10 fully saturated rings. The minimum Gasteiger partial charge on any atom is -0.394 e. The third-order valence-electron chi connectivity index (χ3n) is 23.8. The van der Waals surface area contributed by atoms with Crippen LogP contribution in [0.3, 0.4) is 0 Å². The van der Waals surface area contributed by atoms with Crippen molar-refractivity contribution in [1.82, 2.24) is 0 Å². The molecule has 11 aliphatic rings. The Balaban J connectivity index is 0.864. The molecule has 0 amide bonds. The molecule has 32 nitrogen and oxygen atoms in total. The molecular weight excluding hydrogens is 1300 g/mol. The van der Waals surface area contributed by atoms with E-state index in [-0.39, 0.29) is 48.7 Å². The number of hydrogen-bond acceptors (Lipinski definition) is 31. The first-order valence-electron chi connectivity index (χ1n) is 33.9. The molecule has 33 heteroatoms. The Labute approximate surface area is 557 Å². The van der Waals surface area contributed by atoms with Crippen molar-refractivity contribution in [3.05, 3.63) is 11.6 Å². The highest BCUT2D eigenvalue weighted by molar-refractivity contribution is 7.80. The van der Waals surface area contributed by atoms with Gasteiger partial charge in [0, 0.05) is 0 Å². The van der Waals surface area contributed by atoms with Gasteiger partial charge in [-0.25, -0.2) is 4.18 Å². The number of aliphatic hydroxyl groups excluding tert-OH is 14. The van der Waals surface area contributed by atoms with Crippen LogP contribution in [0.5, 0.6) is 0 Å². The third kappa shape index (κ3) is 14.2. The summed E-state index contributed by atoms with van der Waals surface area (Å²) in [4.78, 5) is 0. The maximum atomic E-state index is 12.6. The van der Waals surface area contributed by atoms with Crippen molar-refractivity contribution >= 4 is 10.4 Å². The van der Waals surface area contributed by atoms with Crippen LogP contribution in [0, 0.1) is 46.3 Å². The lowest BCUT2D eigenvalue weighted by Gasteiger charge is -2.60. The summed E-state index contributed by atoms with van der Waals surface area (Å²) in [7, 11) is -4.90. The van der Waals surface area contributed by atoms with E-state index >= 15 is 0 Å². The van der Waals surface area contributed by atoms with Gasteiger partial charge in [-0.2, -0.15) is 8.42 Å². The Morgan fingerprint density at radius 1 is 0.552 bits per heavy atom. The lowest BCUT2D eigenvalue weighted by atomic mass is 9.47. The van der Waals surface area contributed by atoms with Crippen LogP contribution in [-0.4, -0.2) is 311 Å². The van der Waals surface area contributed by atoms with Crippen molar-refractivity contribution in [2.24, 2.45) is 46.3 Å². The molecule has 41 atom stereocenters. The second kappa shape index (κ2) is 28.9. The van der Waals surface area contributed by atoms with Gasteiger partial charge in [-0.3, -0.25) is 4.55 Å². The van der Waals surface area contributed by atoms with Gasteiger partial charge in [0.1, 0.15) is 122 Å². The summed E-state index contributed by atoms with van der Waals surface area (Å²) in [6, 6.07) is 0. The summed E-state index contributed by atoms with van der Waals surface area (Å²) in [5, 5.41) is 170. The zero-order valence-corrected chi connectivity index (χ0v) is 56.4. The first-order chi connectivity index (χ1) is 44.9. The van der Waals surface area contributed by atoms with Gasteiger partial charge in [0.2, 0.25) is 0 Å². The van der Waals surface area contributed by atoms with E-state index in [0.717, 1.165) is 12.8 Å². The fraction of sp³-hybridized carbons (Fsp3) is 0.968. The monoisotopic (exact) mass is 1400 g/mol. The second-order valence-electron chi connectivity index (χ2n) is 30.1. The fourth-order valence-electron chi connectivity index (χ4n) is 17.7. The molecule has 4 aliphatic carbocycles. The summed E-state index contributed by atoms with van der Waals surface area (Å²) >= 11 is 0. The smallest absolute Gasteiger partial charge is 0.394 e. The van der Waals surface area contributed by atoms with Crippen molar-refractivity contribution in [2.45, 2.75) is 322 Å². The molecule has 0 radical (unpaired) electrons.